The van der Waals surface area contributed by atoms with Crippen LogP contribution in [0.1, 0.15) is 0 Å². The predicted octanol–water partition coefficient (Wildman–Crippen LogP) is 6.78. The first kappa shape index (κ1) is 20.5. The highest BCUT2D eigenvalue weighted by Crippen LogP contribution is 2.33. The van der Waals surface area contributed by atoms with Crippen molar-refractivity contribution in [3.05, 3.63) is 88.9 Å². The second-order valence-electron chi connectivity index (χ2n) is 6.44. The average Bonchev–Trinajstić information content (AvgIpc) is 3.21. The van der Waals surface area contributed by atoms with E-state index in [1.165, 1.54) is 11.8 Å². The number of amides is 1. The molecule has 1 amide bonds. The lowest BCUT2D eigenvalue weighted by atomic mass is 10.1. The number of imidazole rings is 1. The van der Waals surface area contributed by atoms with Gasteiger partial charge in [-0.15, -0.1) is 0 Å². The molecule has 1 heterocycles. The maximum Gasteiger partial charge on any atom is 0.234 e. The number of rotatable bonds is 6. The molecule has 0 radical (unpaired) electrons. The fourth-order valence-electron chi connectivity index (χ4n) is 2.96. The lowest BCUT2D eigenvalue weighted by Crippen LogP contribution is -2.14. The van der Waals surface area contributed by atoms with Gasteiger partial charge in [-0.25, -0.2) is 4.98 Å². The number of hydrogen-bond donors (Lipinski definition) is 2. The number of nitrogens with zero attached hydrogens (tertiary/aromatic N) is 1. The van der Waals surface area contributed by atoms with Crippen LogP contribution in [-0.2, 0) is 4.79 Å². The number of aromatic nitrogens is 2. The summed E-state index contributed by atoms with van der Waals surface area (Å²) in [6, 6.07) is 25.1. The fraction of sp³-hybridized carbons (Fsp3) is 0.0435. The van der Waals surface area contributed by atoms with Gasteiger partial charge in [0, 0.05) is 11.1 Å². The number of thioether (sulfide) groups is 1. The quantitative estimate of drug-likeness (QED) is 0.316. The third-order valence-corrected chi connectivity index (χ3v) is 6.05. The maximum atomic E-state index is 12.4. The molecule has 150 valence electrons. The molecule has 0 bridgehead atoms. The third kappa shape index (κ3) is 4.70. The van der Waals surface area contributed by atoms with E-state index < -0.39 is 0 Å². The standard InChI is InChI=1S/C23H17Cl2N3OS/c24-17-12-7-13-18(20(17)25)26-19(29)14-30-23-27-21(15-8-3-1-4-9-15)22(28-23)16-10-5-2-6-11-16/h1-13H,14H2,(H,26,29)(H,27,28). The molecule has 30 heavy (non-hydrogen) atoms. The van der Waals surface area contributed by atoms with Crippen LogP contribution in [0, 0.1) is 0 Å². The summed E-state index contributed by atoms with van der Waals surface area (Å²) in [6.07, 6.45) is 0. The van der Waals surface area contributed by atoms with E-state index in [1.54, 1.807) is 18.2 Å². The molecule has 0 saturated heterocycles. The molecule has 4 aromatic rings. The molecule has 0 atom stereocenters. The van der Waals surface area contributed by atoms with Crippen LogP contribution in [0.4, 0.5) is 5.69 Å². The van der Waals surface area contributed by atoms with Crippen LogP contribution in [0.3, 0.4) is 0 Å². The van der Waals surface area contributed by atoms with Crippen molar-refractivity contribution in [2.45, 2.75) is 5.16 Å². The lowest BCUT2D eigenvalue weighted by molar-refractivity contribution is -0.113. The van der Waals surface area contributed by atoms with Crippen molar-refractivity contribution < 1.29 is 4.79 Å². The summed E-state index contributed by atoms with van der Waals surface area (Å²) >= 11 is 13.5. The van der Waals surface area contributed by atoms with Gasteiger partial charge in [0.15, 0.2) is 5.16 Å². The van der Waals surface area contributed by atoms with Crippen molar-refractivity contribution in [1.82, 2.24) is 9.97 Å². The summed E-state index contributed by atoms with van der Waals surface area (Å²) in [7, 11) is 0. The van der Waals surface area contributed by atoms with Gasteiger partial charge in [-0.3, -0.25) is 4.79 Å². The zero-order valence-electron chi connectivity index (χ0n) is 15.7. The van der Waals surface area contributed by atoms with Gasteiger partial charge < -0.3 is 10.3 Å². The summed E-state index contributed by atoms with van der Waals surface area (Å²) < 4.78 is 0. The zero-order chi connectivity index (χ0) is 20.9. The van der Waals surface area contributed by atoms with Gasteiger partial charge in [-0.1, -0.05) is 102 Å². The Kier molecular flexibility index (Phi) is 6.43. The van der Waals surface area contributed by atoms with Crippen molar-refractivity contribution in [2.24, 2.45) is 0 Å². The van der Waals surface area contributed by atoms with Crippen LogP contribution < -0.4 is 5.32 Å². The van der Waals surface area contributed by atoms with E-state index in [-0.39, 0.29) is 11.7 Å². The Morgan fingerprint density at radius 1 is 0.900 bits per heavy atom. The summed E-state index contributed by atoms with van der Waals surface area (Å²) in [5.74, 6) is -0.0122. The topological polar surface area (TPSA) is 57.8 Å². The number of halogens is 2. The fourth-order valence-corrected chi connectivity index (χ4v) is 3.98. The molecule has 0 aliphatic heterocycles. The average molecular weight is 454 g/mol. The highest BCUT2D eigenvalue weighted by atomic mass is 35.5. The first-order chi connectivity index (χ1) is 14.6. The van der Waals surface area contributed by atoms with Crippen LogP contribution in [0.5, 0.6) is 0 Å². The lowest BCUT2D eigenvalue weighted by Gasteiger charge is -2.07. The normalized spacial score (nSPS) is 10.7. The van der Waals surface area contributed by atoms with Gasteiger partial charge in [-0.05, 0) is 12.1 Å². The Morgan fingerprint density at radius 2 is 1.57 bits per heavy atom. The Morgan fingerprint density at radius 3 is 2.27 bits per heavy atom. The molecular formula is C23H17Cl2N3OS. The summed E-state index contributed by atoms with van der Waals surface area (Å²) in [6.45, 7) is 0. The largest absolute Gasteiger partial charge is 0.332 e. The van der Waals surface area contributed by atoms with E-state index >= 15 is 0 Å². The summed E-state index contributed by atoms with van der Waals surface area (Å²) in [5.41, 5.74) is 4.30. The Hall–Kier alpha value is -2.73. The number of benzene rings is 3. The van der Waals surface area contributed by atoms with Crippen molar-refractivity contribution in [2.75, 3.05) is 11.1 Å². The molecule has 4 nitrogen and oxygen atoms in total. The van der Waals surface area contributed by atoms with Gasteiger partial charge in [0.05, 0.1) is 32.9 Å². The number of hydrogen-bond acceptors (Lipinski definition) is 3. The second-order valence-corrected chi connectivity index (χ2v) is 8.19. The van der Waals surface area contributed by atoms with Crippen molar-refractivity contribution in [3.8, 4) is 22.5 Å². The van der Waals surface area contributed by atoms with Gasteiger partial charge in [-0.2, -0.15) is 0 Å². The van der Waals surface area contributed by atoms with Crippen LogP contribution in [0.15, 0.2) is 84.0 Å². The summed E-state index contributed by atoms with van der Waals surface area (Å²) in [4.78, 5) is 20.5. The van der Waals surface area contributed by atoms with E-state index in [0.29, 0.717) is 20.9 Å². The first-order valence-corrected chi connectivity index (χ1v) is 10.9. The molecule has 0 unspecified atom stereocenters. The predicted molar refractivity (Wildman–Crippen MR) is 125 cm³/mol. The Balaban J connectivity index is 1.54. The number of carbonyl (C=O) groups is 1. The molecule has 0 aliphatic rings. The van der Waals surface area contributed by atoms with E-state index in [0.717, 1.165) is 22.5 Å². The Bertz CT molecular complexity index is 1110. The van der Waals surface area contributed by atoms with Crippen molar-refractivity contribution in [3.63, 3.8) is 0 Å². The number of nitrogens with one attached hydrogen (secondary N) is 2. The minimum Gasteiger partial charge on any atom is -0.332 e. The third-order valence-electron chi connectivity index (χ3n) is 4.36. The molecule has 0 fully saturated rings. The molecule has 0 saturated carbocycles. The number of aromatic amines is 1. The molecule has 7 heteroatoms. The Labute approximate surface area is 188 Å². The van der Waals surface area contributed by atoms with Crippen molar-refractivity contribution in [1.29, 1.82) is 0 Å². The monoisotopic (exact) mass is 453 g/mol. The molecular weight excluding hydrogens is 437 g/mol. The van der Waals surface area contributed by atoms with Gasteiger partial charge >= 0.3 is 0 Å². The van der Waals surface area contributed by atoms with E-state index in [1.807, 2.05) is 60.7 Å². The maximum absolute atomic E-state index is 12.4. The zero-order valence-corrected chi connectivity index (χ0v) is 18.1. The van der Waals surface area contributed by atoms with E-state index in [2.05, 4.69) is 10.3 Å². The van der Waals surface area contributed by atoms with Crippen LogP contribution in [0.25, 0.3) is 22.5 Å². The van der Waals surface area contributed by atoms with Crippen LogP contribution >= 0.6 is 35.0 Å². The van der Waals surface area contributed by atoms with Crippen LogP contribution in [0.2, 0.25) is 10.0 Å². The molecule has 2 N–H and O–H groups in total. The van der Waals surface area contributed by atoms with Gasteiger partial charge in [0.25, 0.3) is 0 Å². The van der Waals surface area contributed by atoms with Gasteiger partial charge in [0.1, 0.15) is 0 Å². The molecule has 1 aromatic heterocycles. The second kappa shape index (κ2) is 9.39. The summed E-state index contributed by atoms with van der Waals surface area (Å²) in [5, 5.41) is 4.18. The molecule has 0 spiro atoms. The van der Waals surface area contributed by atoms with E-state index in [4.69, 9.17) is 28.2 Å². The molecule has 3 aromatic carbocycles. The minimum atomic E-state index is -0.192. The highest BCUT2D eigenvalue weighted by molar-refractivity contribution is 7.99. The smallest absolute Gasteiger partial charge is 0.234 e. The van der Waals surface area contributed by atoms with E-state index in [9.17, 15) is 4.79 Å². The number of carbonyl (C=O) groups excluding carboxylic acids is 1. The molecule has 4 rings (SSSR count). The SMILES string of the molecule is O=C(CSc1nc(-c2ccccc2)c(-c2ccccc2)[nH]1)Nc1cccc(Cl)c1Cl. The minimum absolute atomic E-state index is 0.179. The number of anilines is 1. The van der Waals surface area contributed by atoms with Crippen LogP contribution in [-0.4, -0.2) is 21.6 Å². The highest BCUT2D eigenvalue weighted by Gasteiger charge is 2.16. The first-order valence-electron chi connectivity index (χ1n) is 9.19. The molecule has 0 aliphatic carbocycles. The van der Waals surface area contributed by atoms with Gasteiger partial charge in [0.2, 0.25) is 5.91 Å². The van der Waals surface area contributed by atoms with Crippen molar-refractivity contribution >= 4 is 46.6 Å². The number of H-pyrrole nitrogens is 1.